The van der Waals surface area contributed by atoms with Crippen LogP contribution in [0.25, 0.3) is 0 Å². The minimum atomic E-state index is -3.62. The van der Waals surface area contributed by atoms with Gasteiger partial charge in [-0.15, -0.1) is 0 Å². The molecule has 5 heteroatoms. The van der Waals surface area contributed by atoms with Crippen LogP contribution in [0.3, 0.4) is 0 Å². The van der Waals surface area contributed by atoms with E-state index >= 15 is 0 Å². The smallest absolute Gasteiger partial charge is 0.238 e. The molecule has 21 heavy (non-hydrogen) atoms. The maximum Gasteiger partial charge on any atom is 0.238 e. The second kappa shape index (κ2) is 6.46. The summed E-state index contributed by atoms with van der Waals surface area (Å²) in [7, 11) is -3.62. The van der Waals surface area contributed by atoms with Crippen molar-refractivity contribution in [1.29, 1.82) is 0 Å². The van der Waals surface area contributed by atoms with Crippen LogP contribution in [0.4, 0.5) is 0 Å². The first kappa shape index (κ1) is 16.5. The molecular formula is C16H26N2O2S. The third kappa shape index (κ3) is 5.09. The molecular weight excluding hydrogens is 284 g/mol. The number of rotatable bonds is 4. The summed E-state index contributed by atoms with van der Waals surface area (Å²) in [5.41, 5.74) is 1.41. The van der Waals surface area contributed by atoms with Crippen molar-refractivity contribution in [2.75, 3.05) is 0 Å². The fourth-order valence-corrected chi connectivity index (χ4v) is 3.54. The second-order valence-corrected chi connectivity index (χ2v) is 8.43. The van der Waals surface area contributed by atoms with E-state index in [2.05, 4.69) is 19.2 Å². The summed E-state index contributed by atoms with van der Waals surface area (Å²) < 4.78 is 22.7. The van der Waals surface area contributed by atoms with Gasteiger partial charge in [0, 0.05) is 12.6 Å². The first-order valence-corrected chi connectivity index (χ1v) is 9.16. The summed E-state index contributed by atoms with van der Waals surface area (Å²) in [6, 6.07) is 7.38. The summed E-state index contributed by atoms with van der Waals surface area (Å²) in [5.74, 6) is 0. The lowest BCUT2D eigenvalue weighted by molar-refractivity contribution is 0.309. The Morgan fingerprint density at radius 2 is 2.05 bits per heavy atom. The molecule has 0 aromatic heterocycles. The predicted octanol–water partition coefficient (Wildman–Crippen LogP) is 2.78. The van der Waals surface area contributed by atoms with E-state index in [4.69, 9.17) is 5.14 Å². The van der Waals surface area contributed by atoms with Crippen molar-refractivity contribution in [1.82, 2.24) is 5.32 Å². The molecule has 118 valence electrons. The Morgan fingerprint density at radius 3 is 2.76 bits per heavy atom. The third-order valence-electron chi connectivity index (χ3n) is 4.40. The molecule has 1 saturated carbocycles. The maximum atomic E-state index is 11.4. The van der Waals surface area contributed by atoms with Gasteiger partial charge in [-0.2, -0.15) is 0 Å². The first-order chi connectivity index (χ1) is 9.76. The average molecular weight is 310 g/mol. The molecule has 1 aromatic carbocycles. The molecule has 4 nitrogen and oxygen atoms in total. The molecule has 0 heterocycles. The monoisotopic (exact) mass is 310 g/mol. The molecule has 0 bridgehead atoms. The van der Waals surface area contributed by atoms with E-state index in [1.165, 1.54) is 38.2 Å². The quantitative estimate of drug-likeness (QED) is 0.840. The van der Waals surface area contributed by atoms with Crippen LogP contribution in [0, 0.1) is 5.41 Å². The molecule has 1 unspecified atom stereocenters. The predicted molar refractivity (Wildman–Crippen MR) is 85.3 cm³/mol. The van der Waals surface area contributed by atoms with Gasteiger partial charge in [0.25, 0.3) is 0 Å². The SMILES string of the molecule is CC1(C)CCCC(NCc2cccc(S(N)(=O)=O)c2)CC1. The van der Waals surface area contributed by atoms with Gasteiger partial charge in [-0.3, -0.25) is 0 Å². The van der Waals surface area contributed by atoms with Gasteiger partial charge in [0.05, 0.1) is 4.90 Å². The number of hydrogen-bond donors (Lipinski definition) is 2. The Kier molecular flexibility index (Phi) is 5.07. The molecule has 0 aliphatic heterocycles. The number of nitrogens with one attached hydrogen (secondary N) is 1. The van der Waals surface area contributed by atoms with Crippen molar-refractivity contribution < 1.29 is 8.42 Å². The normalized spacial score (nSPS) is 22.7. The van der Waals surface area contributed by atoms with Crippen molar-refractivity contribution in [2.24, 2.45) is 10.6 Å². The van der Waals surface area contributed by atoms with Crippen LogP contribution in [0.15, 0.2) is 29.2 Å². The molecule has 1 fully saturated rings. The van der Waals surface area contributed by atoms with Crippen molar-refractivity contribution in [3.8, 4) is 0 Å². The van der Waals surface area contributed by atoms with Crippen LogP contribution < -0.4 is 10.5 Å². The Hall–Kier alpha value is -0.910. The minimum absolute atomic E-state index is 0.184. The highest BCUT2D eigenvalue weighted by molar-refractivity contribution is 7.89. The maximum absolute atomic E-state index is 11.4. The molecule has 1 aliphatic carbocycles. The number of hydrogen-bond acceptors (Lipinski definition) is 3. The summed E-state index contributed by atoms with van der Waals surface area (Å²) in [6.07, 6.45) is 6.15. The number of sulfonamides is 1. The Morgan fingerprint density at radius 1 is 1.29 bits per heavy atom. The van der Waals surface area contributed by atoms with Gasteiger partial charge >= 0.3 is 0 Å². The van der Waals surface area contributed by atoms with Crippen molar-refractivity contribution in [2.45, 2.75) is 63.4 Å². The average Bonchev–Trinajstić information content (AvgIpc) is 2.57. The van der Waals surface area contributed by atoms with Gasteiger partial charge in [0.15, 0.2) is 0 Å². The molecule has 2 rings (SSSR count). The molecule has 3 N–H and O–H groups in total. The molecule has 0 amide bonds. The lowest BCUT2D eigenvalue weighted by Gasteiger charge is -2.22. The van der Waals surface area contributed by atoms with E-state index in [0.717, 1.165) is 5.56 Å². The Labute approximate surface area is 128 Å². The second-order valence-electron chi connectivity index (χ2n) is 6.87. The number of nitrogens with two attached hydrogens (primary N) is 1. The molecule has 0 saturated heterocycles. The molecule has 1 aromatic rings. The van der Waals surface area contributed by atoms with E-state index in [0.29, 0.717) is 18.0 Å². The minimum Gasteiger partial charge on any atom is -0.310 e. The fraction of sp³-hybridized carbons (Fsp3) is 0.625. The summed E-state index contributed by atoms with van der Waals surface area (Å²) >= 11 is 0. The Balaban J connectivity index is 1.94. The summed E-state index contributed by atoms with van der Waals surface area (Å²) in [4.78, 5) is 0.184. The van der Waals surface area contributed by atoms with Gasteiger partial charge in [-0.25, -0.2) is 13.6 Å². The van der Waals surface area contributed by atoms with Crippen LogP contribution in [-0.4, -0.2) is 14.5 Å². The van der Waals surface area contributed by atoms with E-state index < -0.39 is 10.0 Å². The first-order valence-electron chi connectivity index (χ1n) is 7.61. The lowest BCUT2D eigenvalue weighted by Crippen LogP contribution is -2.28. The highest BCUT2D eigenvalue weighted by Gasteiger charge is 2.23. The highest BCUT2D eigenvalue weighted by atomic mass is 32.2. The van der Waals surface area contributed by atoms with Crippen LogP contribution in [0.1, 0.15) is 51.5 Å². The number of primary sulfonamides is 1. The van der Waals surface area contributed by atoms with E-state index in [9.17, 15) is 8.42 Å². The zero-order chi connectivity index (χ0) is 15.5. The van der Waals surface area contributed by atoms with E-state index in [1.807, 2.05) is 6.07 Å². The van der Waals surface area contributed by atoms with E-state index in [-0.39, 0.29) is 4.90 Å². The zero-order valence-electron chi connectivity index (χ0n) is 12.9. The molecule has 1 atom stereocenters. The Bertz CT molecular complexity index is 582. The third-order valence-corrected chi connectivity index (χ3v) is 5.31. The molecule has 1 aliphatic rings. The standard InChI is InChI=1S/C16H26N2O2S/c1-16(2)9-4-6-14(8-10-16)18-12-13-5-3-7-15(11-13)21(17,19)20/h3,5,7,11,14,18H,4,6,8-10,12H2,1-2H3,(H2,17,19,20). The van der Waals surface area contributed by atoms with Gasteiger partial charge in [-0.1, -0.05) is 32.4 Å². The summed E-state index contributed by atoms with van der Waals surface area (Å²) in [6.45, 7) is 5.37. The lowest BCUT2D eigenvalue weighted by atomic mass is 9.85. The number of benzene rings is 1. The van der Waals surface area contributed by atoms with Crippen LogP contribution in [0.2, 0.25) is 0 Å². The van der Waals surface area contributed by atoms with Gasteiger partial charge in [0.2, 0.25) is 10.0 Å². The summed E-state index contributed by atoms with van der Waals surface area (Å²) in [5, 5.41) is 8.73. The van der Waals surface area contributed by atoms with E-state index in [1.54, 1.807) is 12.1 Å². The van der Waals surface area contributed by atoms with Crippen LogP contribution in [-0.2, 0) is 16.6 Å². The van der Waals surface area contributed by atoms with Gasteiger partial charge in [0.1, 0.15) is 0 Å². The van der Waals surface area contributed by atoms with Gasteiger partial charge < -0.3 is 5.32 Å². The van der Waals surface area contributed by atoms with Crippen molar-refractivity contribution in [3.05, 3.63) is 29.8 Å². The van der Waals surface area contributed by atoms with Crippen molar-refractivity contribution in [3.63, 3.8) is 0 Å². The fourth-order valence-electron chi connectivity index (χ4n) is 2.96. The van der Waals surface area contributed by atoms with Crippen molar-refractivity contribution >= 4 is 10.0 Å². The topological polar surface area (TPSA) is 72.2 Å². The van der Waals surface area contributed by atoms with Crippen LogP contribution in [0.5, 0.6) is 0 Å². The largest absolute Gasteiger partial charge is 0.310 e. The van der Waals surface area contributed by atoms with Crippen LogP contribution >= 0.6 is 0 Å². The van der Waals surface area contributed by atoms with Gasteiger partial charge in [-0.05, 0) is 48.8 Å². The zero-order valence-corrected chi connectivity index (χ0v) is 13.7. The highest BCUT2D eigenvalue weighted by Crippen LogP contribution is 2.33. The molecule has 0 spiro atoms. The molecule has 0 radical (unpaired) electrons.